The minimum Gasteiger partial charge on any atom is -0.339 e. The van der Waals surface area contributed by atoms with Crippen LogP contribution in [0.4, 0.5) is 13.2 Å². The van der Waals surface area contributed by atoms with Crippen LogP contribution in [0.15, 0.2) is 30.6 Å². The summed E-state index contributed by atoms with van der Waals surface area (Å²) in [5.74, 6) is 0.00803. The Hall–Kier alpha value is -2.49. The highest BCUT2D eigenvalue weighted by Crippen LogP contribution is 2.32. The first-order valence-electron chi connectivity index (χ1n) is 8.05. The van der Waals surface area contributed by atoms with Gasteiger partial charge in [-0.3, -0.25) is 4.79 Å². The molecule has 6 nitrogen and oxygen atoms in total. The van der Waals surface area contributed by atoms with Gasteiger partial charge in [0.25, 0.3) is 5.91 Å². The van der Waals surface area contributed by atoms with Crippen LogP contribution >= 0.6 is 11.3 Å². The number of likely N-dealkylation sites (tertiary alicyclic amines) is 1. The topological polar surface area (TPSA) is 63.4 Å². The van der Waals surface area contributed by atoms with Crippen molar-refractivity contribution in [1.82, 2.24) is 24.7 Å². The van der Waals surface area contributed by atoms with E-state index >= 15 is 0 Å². The van der Waals surface area contributed by atoms with Crippen LogP contribution in [-0.4, -0.2) is 43.7 Å². The van der Waals surface area contributed by atoms with Gasteiger partial charge in [-0.25, -0.2) is 0 Å². The number of carbonyl (C=O) groups excluding carboxylic acids is 1. The maximum absolute atomic E-state index is 12.6. The molecule has 1 saturated heterocycles. The number of halogens is 3. The first-order chi connectivity index (χ1) is 12.4. The molecule has 1 aliphatic rings. The van der Waals surface area contributed by atoms with Crippen molar-refractivity contribution in [3.8, 4) is 0 Å². The lowest BCUT2D eigenvalue weighted by Gasteiger charge is -2.31. The second-order valence-electron chi connectivity index (χ2n) is 6.14. The minimum atomic E-state index is -4.40. The van der Waals surface area contributed by atoms with Gasteiger partial charge in [-0.15, -0.1) is 10.2 Å². The van der Waals surface area contributed by atoms with Gasteiger partial charge >= 0.3 is 6.18 Å². The van der Waals surface area contributed by atoms with E-state index in [2.05, 4.69) is 15.3 Å². The van der Waals surface area contributed by atoms with Gasteiger partial charge in [0.2, 0.25) is 4.96 Å². The molecule has 10 heteroatoms. The van der Waals surface area contributed by atoms with E-state index in [0.29, 0.717) is 13.1 Å². The van der Waals surface area contributed by atoms with Gasteiger partial charge < -0.3 is 4.90 Å². The van der Waals surface area contributed by atoms with Crippen LogP contribution in [0.5, 0.6) is 0 Å². The van der Waals surface area contributed by atoms with Crippen LogP contribution in [0.2, 0.25) is 0 Å². The molecular formula is C16H14F3N5OS. The highest BCUT2D eigenvalue weighted by atomic mass is 32.1. The first kappa shape index (κ1) is 17.0. The predicted octanol–water partition coefficient (Wildman–Crippen LogP) is 3.22. The number of rotatable bonds is 2. The molecule has 136 valence electrons. The Kier molecular flexibility index (Phi) is 4.14. The molecule has 3 aromatic rings. The Morgan fingerprint density at radius 3 is 2.46 bits per heavy atom. The third kappa shape index (κ3) is 3.16. The molecule has 26 heavy (non-hydrogen) atoms. The van der Waals surface area contributed by atoms with Gasteiger partial charge in [0.1, 0.15) is 11.3 Å². The van der Waals surface area contributed by atoms with Crippen molar-refractivity contribution >= 4 is 22.2 Å². The number of aromatic nitrogens is 4. The first-order valence-corrected chi connectivity index (χ1v) is 8.87. The summed E-state index contributed by atoms with van der Waals surface area (Å²) in [6, 6.07) is 4.36. The molecule has 1 fully saturated rings. The number of hydrogen-bond acceptors (Lipinski definition) is 5. The van der Waals surface area contributed by atoms with Crippen molar-refractivity contribution in [2.45, 2.75) is 24.9 Å². The number of nitrogens with zero attached hydrogens (tertiary/aromatic N) is 5. The molecule has 3 heterocycles. The third-order valence-corrected chi connectivity index (χ3v) is 5.57. The van der Waals surface area contributed by atoms with Crippen LogP contribution in [0.1, 0.15) is 39.7 Å². The summed E-state index contributed by atoms with van der Waals surface area (Å²) in [6.07, 6.45) is -1.32. The molecule has 0 atom stereocenters. The average Bonchev–Trinajstić information content (AvgIpc) is 3.23. The van der Waals surface area contributed by atoms with E-state index in [0.717, 1.165) is 34.9 Å². The highest BCUT2D eigenvalue weighted by Gasteiger charge is 2.31. The summed E-state index contributed by atoms with van der Waals surface area (Å²) in [6.45, 7) is 1.09. The van der Waals surface area contributed by atoms with Gasteiger partial charge in [-0.05, 0) is 37.1 Å². The fourth-order valence-corrected chi connectivity index (χ4v) is 4.04. The maximum Gasteiger partial charge on any atom is 0.416 e. The number of carbonyl (C=O) groups is 1. The Labute approximate surface area is 150 Å². The SMILES string of the molecule is O=C(c1ccc(C(F)(F)F)cc1)N1CCC(c2nn3cnnc3s2)CC1. The van der Waals surface area contributed by atoms with E-state index in [9.17, 15) is 18.0 Å². The number of piperidine rings is 1. The average molecular weight is 381 g/mol. The Morgan fingerprint density at radius 1 is 1.15 bits per heavy atom. The zero-order valence-electron chi connectivity index (χ0n) is 13.5. The second kappa shape index (κ2) is 6.35. The second-order valence-corrected chi connectivity index (χ2v) is 7.13. The smallest absolute Gasteiger partial charge is 0.339 e. The zero-order valence-corrected chi connectivity index (χ0v) is 14.3. The normalized spacial score (nSPS) is 16.3. The molecule has 1 aliphatic heterocycles. The molecule has 0 saturated carbocycles. The van der Waals surface area contributed by atoms with E-state index in [4.69, 9.17) is 0 Å². The van der Waals surface area contributed by atoms with Crippen molar-refractivity contribution < 1.29 is 18.0 Å². The Balaban J connectivity index is 1.41. The summed E-state index contributed by atoms with van der Waals surface area (Å²) in [4.78, 5) is 14.9. The van der Waals surface area contributed by atoms with Crippen LogP contribution in [-0.2, 0) is 6.18 Å². The molecule has 0 bridgehead atoms. The van der Waals surface area contributed by atoms with Gasteiger partial charge in [0.15, 0.2) is 0 Å². The molecule has 2 aromatic heterocycles. The predicted molar refractivity (Wildman–Crippen MR) is 88.0 cm³/mol. The van der Waals surface area contributed by atoms with Crippen molar-refractivity contribution in [2.24, 2.45) is 0 Å². The minimum absolute atomic E-state index is 0.240. The molecule has 1 amide bonds. The van der Waals surface area contributed by atoms with Crippen molar-refractivity contribution in [2.75, 3.05) is 13.1 Å². The van der Waals surface area contributed by atoms with E-state index in [-0.39, 0.29) is 17.4 Å². The van der Waals surface area contributed by atoms with E-state index in [1.54, 1.807) is 15.7 Å². The zero-order chi connectivity index (χ0) is 18.3. The van der Waals surface area contributed by atoms with E-state index in [1.165, 1.54) is 23.5 Å². The molecule has 0 N–H and O–H groups in total. The van der Waals surface area contributed by atoms with Crippen molar-refractivity contribution in [1.29, 1.82) is 0 Å². The number of benzene rings is 1. The number of hydrogen-bond donors (Lipinski definition) is 0. The van der Waals surface area contributed by atoms with Gasteiger partial charge in [-0.2, -0.15) is 22.8 Å². The Morgan fingerprint density at radius 2 is 1.85 bits per heavy atom. The summed E-state index contributed by atoms with van der Waals surface area (Å²) < 4.78 is 39.5. The monoisotopic (exact) mass is 381 g/mol. The summed E-state index contributed by atoms with van der Waals surface area (Å²) in [5, 5.41) is 13.2. The fraction of sp³-hybridized carbons (Fsp3) is 0.375. The molecule has 0 unspecified atom stereocenters. The maximum atomic E-state index is 12.6. The lowest BCUT2D eigenvalue weighted by atomic mass is 9.97. The van der Waals surface area contributed by atoms with Crippen molar-refractivity contribution in [3.05, 3.63) is 46.7 Å². The molecule has 0 spiro atoms. The van der Waals surface area contributed by atoms with Gasteiger partial charge in [0.05, 0.1) is 5.56 Å². The molecule has 1 aromatic carbocycles. The van der Waals surface area contributed by atoms with Crippen LogP contribution < -0.4 is 0 Å². The van der Waals surface area contributed by atoms with Gasteiger partial charge in [-0.1, -0.05) is 11.3 Å². The van der Waals surface area contributed by atoms with E-state index in [1.807, 2.05) is 0 Å². The number of alkyl halides is 3. The quantitative estimate of drug-likeness (QED) is 0.684. The molecule has 0 aliphatic carbocycles. The number of fused-ring (bicyclic) bond motifs is 1. The molecular weight excluding hydrogens is 367 g/mol. The largest absolute Gasteiger partial charge is 0.416 e. The Bertz CT molecular complexity index is 897. The van der Waals surface area contributed by atoms with Crippen LogP contribution in [0.3, 0.4) is 0 Å². The van der Waals surface area contributed by atoms with Crippen LogP contribution in [0.25, 0.3) is 4.96 Å². The van der Waals surface area contributed by atoms with Crippen molar-refractivity contribution in [3.63, 3.8) is 0 Å². The molecule has 0 radical (unpaired) electrons. The van der Waals surface area contributed by atoms with Crippen LogP contribution in [0, 0.1) is 0 Å². The lowest BCUT2D eigenvalue weighted by Crippen LogP contribution is -2.37. The van der Waals surface area contributed by atoms with Gasteiger partial charge in [0, 0.05) is 24.6 Å². The fourth-order valence-electron chi connectivity index (χ4n) is 3.05. The summed E-state index contributed by atoms with van der Waals surface area (Å²) in [5.41, 5.74) is -0.480. The van der Waals surface area contributed by atoms with E-state index < -0.39 is 11.7 Å². The summed E-state index contributed by atoms with van der Waals surface area (Å²) in [7, 11) is 0. The lowest BCUT2D eigenvalue weighted by molar-refractivity contribution is -0.137. The standard InChI is InChI=1S/C16H14F3N5OS/c17-16(18,19)12-3-1-11(2-4-12)14(25)23-7-5-10(6-8-23)13-22-24-9-20-21-15(24)26-13/h1-4,9-10H,5-8H2. The third-order valence-electron chi connectivity index (χ3n) is 4.49. The highest BCUT2D eigenvalue weighted by molar-refractivity contribution is 7.16. The summed E-state index contributed by atoms with van der Waals surface area (Å²) >= 11 is 1.49. The number of amides is 1. The molecule has 4 rings (SSSR count).